The summed E-state index contributed by atoms with van der Waals surface area (Å²) in [7, 11) is 0. The SMILES string of the molecule is Nc1c(NNC(=O)c2ccccc2Cl)ncnc1N1CCC(C(=O)O)CC1. The number of carbonyl (C=O) groups is 2. The number of carbonyl (C=O) groups excluding carboxylic acids is 1. The van der Waals surface area contributed by atoms with Crippen LogP contribution in [-0.2, 0) is 4.79 Å². The molecule has 0 spiro atoms. The predicted octanol–water partition coefficient (Wildman–Crippen LogP) is 1.77. The second-order valence-corrected chi connectivity index (χ2v) is 6.53. The van der Waals surface area contributed by atoms with E-state index in [1.807, 2.05) is 4.90 Å². The molecule has 0 saturated carbocycles. The fourth-order valence-corrected chi connectivity index (χ4v) is 3.13. The molecule has 2 heterocycles. The van der Waals surface area contributed by atoms with E-state index in [-0.39, 0.29) is 17.4 Å². The van der Waals surface area contributed by atoms with Gasteiger partial charge >= 0.3 is 5.97 Å². The molecule has 1 fully saturated rings. The number of nitrogens with zero attached hydrogens (tertiary/aromatic N) is 3. The minimum absolute atomic E-state index is 0.251. The van der Waals surface area contributed by atoms with Crippen LogP contribution in [0, 0.1) is 5.92 Å². The molecule has 1 aliphatic heterocycles. The Morgan fingerprint density at radius 3 is 2.59 bits per heavy atom. The monoisotopic (exact) mass is 390 g/mol. The maximum atomic E-state index is 12.2. The van der Waals surface area contributed by atoms with Gasteiger partial charge in [-0.25, -0.2) is 9.97 Å². The number of aromatic nitrogens is 2. The van der Waals surface area contributed by atoms with Crippen LogP contribution in [0.1, 0.15) is 23.2 Å². The molecule has 1 saturated heterocycles. The third-order valence-corrected chi connectivity index (χ3v) is 4.75. The van der Waals surface area contributed by atoms with Crippen molar-refractivity contribution in [2.75, 3.05) is 29.1 Å². The molecule has 3 rings (SSSR count). The van der Waals surface area contributed by atoms with Crippen LogP contribution in [-0.4, -0.2) is 40.0 Å². The Morgan fingerprint density at radius 2 is 1.93 bits per heavy atom. The van der Waals surface area contributed by atoms with Gasteiger partial charge < -0.3 is 15.7 Å². The van der Waals surface area contributed by atoms with Gasteiger partial charge in [0, 0.05) is 13.1 Å². The Morgan fingerprint density at radius 1 is 1.22 bits per heavy atom. The number of nitrogens with two attached hydrogens (primary N) is 1. The standard InChI is InChI=1S/C17H19ClN6O3/c18-12-4-2-1-3-11(12)16(25)23-22-14-13(19)15(21-9-20-14)24-7-5-10(6-8-24)17(26)27/h1-4,9-10H,5-8,19H2,(H,23,25)(H,26,27)(H,20,21,22). The predicted molar refractivity (Wildman–Crippen MR) is 102 cm³/mol. The number of aliphatic carboxylic acids is 1. The van der Waals surface area contributed by atoms with E-state index in [0.717, 1.165) is 0 Å². The Kier molecular flexibility index (Phi) is 5.60. The molecule has 0 bridgehead atoms. The smallest absolute Gasteiger partial charge is 0.306 e. The van der Waals surface area contributed by atoms with E-state index in [1.54, 1.807) is 24.3 Å². The summed E-state index contributed by atoms with van der Waals surface area (Å²) in [5, 5.41) is 9.43. The first-order chi connectivity index (χ1) is 13.0. The van der Waals surface area contributed by atoms with Gasteiger partial charge in [0.25, 0.3) is 5.91 Å². The molecule has 1 aromatic carbocycles. The van der Waals surface area contributed by atoms with Crippen LogP contribution in [0.25, 0.3) is 0 Å². The van der Waals surface area contributed by atoms with Gasteiger partial charge in [-0.05, 0) is 25.0 Å². The van der Waals surface area contributed by atoms with Gasteiger partial charge in [0.2, 0.25) is 0 Å². The molecule has 2 aromatic rings. The number of hydrazine groups is 1. The van der Waals surface area contributed by atoms with Gasteiger partial charge in [0.1, 0.15) is 12.0 Å². The zero-order valence-electron chi connectivity index (χ0n) is 14.4. The molecule has 9 nitrogen and oxygen atoms in total. The summed E-state index contributed by atoms with van der Waals surface area (Å²) in [6.07, 6.45) is 2.37. The highest BCUT2D eigenvalue weighted by atomic mass is 35.5. The Hall–Kier alpha value is -3.07. The molecule has 142 valence electrons. The molecule has 0 unspecified atom stereocenters. The average Bonchev–Trinajstić information content (AvgIpc) is 2.67. The minimum Gasteiger partial charge on any atom is -0.481 e. The van der Waals surface area contributed by atoms with E-state index in [4.69, 9.17) is 22.4 Å². The molecule has 1 aliphatic rings. The second-order valence-electron chi connectivity index (χ2n) is 6.12. The highest BCUT2D eigenvalue weighted by Crippen LogP contribution is 2.29. The lowest BCUT2D eigenvalue weighted by Gasteiger charge is -2.31. The van der Waals surface area contributed by atoms with Crippen LogP contribution in [0.4, 0.5) is 17.3 Å². The number of halogens is 1. The number of hydrogen-bond donors (Lipinski definition) is 4. The van der Waals surface area contributed by atoms with Gasteiger partial charge in [-0.2, -0.15) is 0 Å². The van der Waals surface area contributed by atoms with E-state index in [9.17, 15) is 9.59 Å². The minimum atomic E-state index is -0.782. The first-order valence-corrected chi connectivity index (χ1v) is 8.74. The number of anilines is 3. The molecule has 27 heavy (non-hydrogen) atoms. The number of carboxylic acid groups (broad SMARTS) is 1. The summed E-state index contributed by atoms with van der Waals surface area (Å²) in [5.41, 5.74) is 11.9. The zero-order valence-corrected chi connectivity index (χ0v) is 15.1. The van der Waals surface area contributed by atoms with Crippen molar-refractivity contribution in [3.63, 3.8) is 0 Å². The van der Waals surface area contributed by atoms with Crippen LogP contribution in [0.5, 0.6) is 0 Å². The van der Waals surface area contributed by atoms with E-state index in [1.165, 1.54) is 6.33 Å². The first-order valence-electron chi connectivity index (χ1n) is 8.36. The second kappa shape index (κ2) is 8.09. The lowest BCUT2D eigenvalue weighted by Crippen LogP contribution is -2.37. The molecule has 0 aliphatic carbocycles. The van der Waals surface area contributed by atoms with Gasteiger partial charge in [0.05, 0.1) is 16.5 Å². The number of benzene rings is 1. The summed E-state index contributed by atoms with van der Waals surface area (Å²) in [6.45, 7) is 1.06. The summed E-state index contributed by atoms with van der Waals surface area (Å²) in [4.78, 5) is 33.5. The van der Waals surface area contributed by atoms with Crippen molar-refractivity contribution in [1.29, 1.82) is 0 Å². The Balaban J connectivity index is 1.68. The molecule has 1 amide bonds. The zero-order chi connectivity index (χ0) is 19.4. The van der Waals surface area contributed by atoms with Crippen LogP contribution in [0.3, 0.4) is 0 Å². The number of rotatable bonds is 5. The fraction of sp³-hybridized carbons (Fsp3) is 0.294. The largest absolute Gasteiger partial charge is 0.481 e. The number of nitrogen functional groups attached to an aromatic ring is 1. The Labute approximate surface area is 160 Å². The average molecular weight is 391 g/mol. The molecule has 1 aromatic heterocycles. The lowest BCUT2D eigenvalue weighted by molar-refractivity contribution is -0.142. The maximum absolute atomic E-state index is 12.2. The van der Waals surface area contributed by atoms with E-state index in [0.29, 0.717) is 42.3 Å². The van der Waals surface area contributed by atoms with Crippen molar-refractivity contribution in [1.82, 2.24) is 15.4 Å². The number of carboxylic acids is 1. The molecular formula is C17H19ClN6O3. The highest BCUT2D eigenvalue weighted by molar-refractivity contribution is 6.33. The van der Waals surface area contributed by atoms with Crippen molar-refractivity contribution >= 4 is 40.8 Å². The molecule has 5 N–H and O–H groups in total. The van der Waals surface area contributed by atoms with Gasteiger partial charge in [-0.15, -0.1) is 0 Å². The molecule has 10 heteroatoms. The number of amides is 1. The Bertz CT molecular complexity index is 854. The maximum Gasteiger partial charge on any atom is 0.306 e. The normalized spacial score (nSPS) is 14.6. The fourth-order valence-electron chi connectivity index (χ4n) is 2.90. The van der Waals surface area contributed by atoms with E-state index >= 15 is 0 Å². The highest BCUT2D eigenvalue weighted by Gasteiger charge is 2.26. The number of hydrogen-bond acceptors (Lipinski definition) is 7. The van der Waals surface area contributed by atoms with Crippen LogP contribution < -0.4 is 21.5 Å². The third-order valence-electron chi connectivity index (χ3n) is 4.42. The van der Waals surface area contributed by atoms with E-state index < -0.39 is 11.9 Å². The topological polar surface area (TPSA) is 133 Å². The van der Waals surface area contributed by atoms with Gasteiger partial charge in [0.15, 0.2) is 11.6 Å². The number of nitrogens with one attached hydrogen (secondary N) is 2. The molecular weight excluding hydrogens is 372 g/mol. The van der Waals surface area contributed by atoms with Crippen LogP contribution in [0.15, 0.2) is 30.6 Å². The molecule has 0 radical (unpaired) electrons. The van der Waals surface area contributed by atoms with Crippen molar-refractivity contribution in [2.24, 2.45) is 5.92 Å². The quantitative estimate of drug-likeness (QED) is 0.567. The van der Waals surface area contributed by atoms with E-state index in [2.05, 4.69) is 20.8 Å². The van der Waals surface area contributed by atoms with Crippen molar-refractivity contribution < 1.29 is 14.7 Å². The van der Waals surface area contributed by atoms with Crippen molar-refractivity contribution in [3.8, 4) is 0 Å². The third kappa shape index (κ3) is 4.20. The van der Waals surface area contributed by atoms with Gasteiger partial charge in [-0.1, -0.05) is 23.7 Å². The summed E-state index contributed by atoms with van der Waals surface area (Å²) in [5.74, 6) is -0.807. The molecule has 0 atom stereocenters. The summed E-state index contributed by atoms with van der Waals surface area (Å²) in [6, 6.07) is 6.66. The van der Waals surface area contributed by atoms with Crippen molar-refractivity contribution in [2.45, 2.75) is 12.8 Å². The summed E-state index contributed by atoms with van der Waals surface area (Å²) < 4.78 is 0. The first kappa shape index (κ1) is 18.7. The van der Waals surface area contributed by atoms with Crippen LogP contribution in [0.2, 0.25) is 5.02 Å². The van der Waals surface area contributed by atoms with Gasteiger partial charge in [-0.3, -0.25) is 20.4 Å². The summed E-state index contributed by atoms with van der Waals surface area (Å²) >= 11 is 6.01. The van der Waals surface area contributed by atoms with Crippen LogP contribution >= 0.6 is 11.6 Å². The number of piperidine rings is 1. The lowest BCUT2D eigenvalue weighted by atomic mass is 9.97. The van der Waals surface area contributed by atoms with Crippen molar-refractivity contribution in [3.05, 3.63) is 41.2 Å².